The Morgan fingerprint density at radius 2 is 1.74 bits per heavy atom. The zero-order valence-electron chi connectivity index (χ0n) is 15.8. The van der Waals surface area contributed by atoms with Crippen molar-refractivity contribution in [2.75, 3.05) is 0 Å². The van der Waals surface area contributed by atoms with Crippen molar-refractivity contribution in [1.82, 2.24) is 10.1 Å². The van der Waals surface area contributed by atoms with Crippen LogP contribution >= 0.6 is 0 Å². The molecular formula is C20H22N2O5. The number of imide groups is 1. The van der Waals surface area contributed by atoms with E-state index in [-0.39, 0.29) is 12.5 Å². The number of hydrogen-bond acceptors (Lipinski definition) is 6. The standard InChI is InChI=1S/C20H22N2O5/c1-11(2)9-17(20(25)26-10-16-12(3)21-27-13(16)4)22-18(23)14-7-5-6-8-15(14)19(22)24/h5-8,11,17H,9-10H2,1-4H3/t17-/m0/s1. The summed E-state index contributed by atoms with van der Waals surface area (Å²) in [7, 11) is 0. The Balaban J connectivity index is 1.83. The molecule has 0 bridgehead atoms. The van der Waals surface area contributed by atoms with Gasteiger partial charge in [0, 0.05) is 0 Å². The molecule has 7 nitrogen and oxygen atoms in total. The first kappa shape index (κ1) is 18.8. The molecule has 142 valence electrons. The van der Waals surface area contributed by atoms with Crippen molar-refractivity contribution in [2.24, 2.45) is 5.92 Å². The van der Waals surface area contributed by atoms with E-state index in [4.69, 9.17) is 9.26 Å². The van der Waals surface area contributed by atoms with Gasteiger partial charge in [-0.1, -0.05) is 31.1 Å². The van der Waals surface area contributed by atoms with Crippen molar-refractivity contribution in [2.45, 2.75) is 46.8 Å². The van der Waals surface area contributed by atoms with Gasteiger partial charge in [-0.05, 0) is 38.3 Å². The third-order valence-electron chi connectivity index (χ3n) is 4.64. The van der Waals surface area contributed by atoms with E-state index in [1.165, 1.54) is 0 Å². The highest BCUT2D eigenvalue weighted by atomic mass is 16.5. The molecule has 27 heavy (non-hydrogen) atoms. The van der Waals surface area contributed by atoms with Crippen LogP contribution < -0.4 is 0 Å². The van der Waals surface area contributed by atoms with Crippen LogP contribution in [0.2, 0.25) is 0 Å². The number of nitrogens with zero attached hydrogens (tertiary/aromatic N) is 2. The monoisotopic (exact) mass is 370 g/mol. The molecule has 0 saturated carbocycles. The average Bonchev–Trinajstić information content (AvgIpc) is 3.08. The minimum Gasteiger partial charge on any atom is -0.459 e. The molecule has 0 spiro atoms. The van der Waals surface area contributed by atoms with Crippen LogP contribution in [0.5, 0.6) is 0 Å². The van der Waals surface area contributed by atoms with Gasteiger partial charge in [0.15, 0.2) is 0 Å². The van der Waals surface area contributed by atoms with Gasteiger partial charge in [0.05, 0.1) is 22.4 Å². The lowest BCUT2D eigenvalue weighted by Gasteiger charge is -2.26. The van der Waals surface area contributed by atoms with Crippen LogP contribution in [-0.2, 0) is 16.1 Å². The molecule has 2 amide bonds. The Bertz CT molecular complexity index is 845. The van der Waals surface area contributed by atoms with E-state index in [9.17, 15) is 14.4 Å². The fourth-order valence-electron chi connectivity index (χ4n) is 3.19. The number of amides is 2. The number of ether oxygens (including phenoxy) is 1. The summed E-state index contributed by atoms with van der Waals surface area (Å²) in [5.41, 5.74) is 1.96. The number of carbonyl (C=O) groups is 3. The van der Waals surface area contributed by atoms with Gasteiger partial charge < -0.3 is 9.26 Å². The number of fused-ring (bicyclic) bond motifs is 1. The van der Waals surface area contributed by atoms with Crippen LogP contribution in [0.15, 0.2) is 28.8 Å². The fourth-order valence-corrected chi connectivity index (χ4v) is 3.19. The first-order valence-corrected chi connectivity index (χ1v) is 8.86. The molecule has 0 radical (unpaired) electrons. The molecule has 1 aromatic heterocycles. The molecule has 7 heteroatoms. The molecule has 0 aliphatic carbocycles. The zero-order valence-corrected chi connectivity index (χ0v) is 15.8. The van der Waals surface area contributed by atoms with Gasteiger partial charge in [-0.3, -0.25) is 14.5 Å². The molecule has 1 aliphatic rings. The van der Waals surface area contributed by atoms with E-state index < -0.39 is 23.8 Å². The summed E-state index contributed by atoms with van der Waals surface area (Å²) in [6, 6.07) is 5.61. The number of hydrogen-bond donors (Lipinski definition) is 0. The quantitative estimate of drug-likeness (QED) is 0.573. The number of esters is 1. The topological polar surface area (TPSA) is 89.7 Å². The highest BCUT2D eigenvalue weighted by Gasteiger charge is 2.43. The highest BCUT2D eigenvalue weighted by Crippen LogP contribution is 2.27. The Labute approximate surface area is 157 Å². The van der Waals surface area contributed by atoms with Crippen LogP contribution in [0.3, 0.4) is 0 Å². The van der Waals surface area contributed by atoms with Crippen LogP contribution in [0.1, 0.15) is 58.0 Å². The van der Waals surface area contributed by atoms with Gasteiger partial charge in [-0.25, -0.2) is 4.79 Å². The maximum absolute atomic E-state index is 12.8. The van der Waals surface area contributed by atoms with E-state index in [0.717, 1.165) is 4.90 Å². The highest BCUT2D eigenvalue weighted by molar-refractivity contribution is 6.22. The van der Waals surface area contributed by atoms with E-state index in [0.29, 0.717) is 34.6 Å². The Morgan fingerprint density at radius 3 is 2.22 bits per heavy atom. The predicted molar refractivity (Wildman–Crippen MR) is 96.0 cm³/mol. The summed E-state index contributed by atoms with van der Waals surface area (Å²) < 4.78 is 10.5. The molecule has 0 saturated heterocycles. The van der Waals surface area contributed by atoms with Gasteiger partial charge in [0.25, 0.3) is 11.8 Å². The molecule has 1 atom stereocenters. The summed E-state index contributed by atoms with van der Waals surface area (Å²) >= 11 is 0. The summed E-state index contributed by atoms with van der Waals surface area (Å²) in [6.45, 7) is 7.33. The molecule has 0 fully saturated rings. The third-order valence-corrected chi connectivity index (χ3v) is 4.64. The van der Waals surface area contributed by atoms with Gasteiger partial charge in [0.1, 0.15) is 18.4 Å². The van der Waals surface area contributed by atoms with Crippen LogP contribution in [0, 0.1) is 19.8 Å². The fraction of sp³-hybridized carbons (Fsp3) is 0.400. The molecule has 0 unspecified atom stereocenters. The largest absolute Gasteiger partial charge is 0.459 e. The normalized spacial score (nSPS) is 14.6. The molecule has 2 heterocycles. The van der Waals surface area contributed by atoms with Crippen molar-refractivity contribution in [3.05, 3.63) is 52.4 Å². The second-order valence-corrected chi connectivity index (χ2v) is 7.08. The van der Waals surface area contributed by atoms with Gasteiger partial charge in [0.2, 0.25) is 0 Å². The number of benzene rings is 1. The van der Waals surface area contributed by atoms with Gasteiger partial charge >= 0.3 is 5.97 Å². The van der Waals surface area contributed by atoms with Crippen molar-refractivity contribution in [1.29, 1.82) is 0 Å². The Morgan fingerprint density at radius 1 is 1.15 bits per heavy atom. The lowest BCUT2D eigenvalue weighted by atomic mass is 10.0. The SMILES string of the molecule is Cc1noc(C)c1COC(=O)[C@H](CC(C)C)N1C(=O)c2ccccc2C1=O. The van der Waals surface area contributed by atoms with Crippen molar-refractivity contribution in [3.8, 4) is 0 Å². The van der Waals surface area contributed by atoms with E-state index in [2.05, 4.69) is 5.16 Å². The maximum Gasteiger partial charge on any atom is 0.329 e. The van der Waals surface area contributed by atoms with Crippen molar-refractivity contribution in [3.63, 3.8) is 0 Å². The molecule has 1 aromatic carbocycles. The third kappa shape index (κ3) is 3.49. The smallest absolute Gasteiger partial charge is 0.329 e. The summed E-state index contributed by atoms with van der Waals surface area (Å²) in [5, 5.41) is 3.83. The first-order valence-electron chi connectivity index (χ1n) is 8.86. The second-order valence-electron chi connectivity index (χ2n) is 7.08. The number of rotatable bonds is 6. The molecule has 2 aromatic rings. The minimum absolute atomic E-state index is 0.0161. The van der Waals surface area contributed by atoms with Gasteiger partial charge in [-0.2, -0.15) is 0 Å². The zero-order chi connectivity index (χ0) is 19.7. The van der Waals surface area contributed by atoms with Gasteiger partial charge in [-0.15, -0.1) is 0 Å². The second kappa shape index (κ2) is 7.34. The average molecular weight is 370 g/mol. The lowest BCUT2D eigenvalue weighted by molar-refractivity contribution is -0.150. The van der Waals surface area contributed by atoms with E-state index >= 15 is 0 Å². The van der Waals surface area contributed by atoms with E-state index in [1.807, 2.05) is 13.8 Å². The van der Waals surface area contributed by atoms with Crippen LogP contribution in [0.25, 0.3) is 0 Å². The summed E-state index contributed by atoms with van der Waals surface area (Å²) in [4.78, 5) is 39.3. The maximum atomic E-state index is 12.8. The number of carbonyl (C=O) groups excluding carboxylic acids is 3. The molecule has 1 aliphatic heterocycles. The van der Waals surface area contributed by atoms with Crippen molar-refractivity contribution < 1.29 is 23.6 Å². The van der Waals surface area contributed by atoms with Crippen LogP contribution in [-0.4, -0.2) is 33.9 Å². The Hall–Kier alpha value is -2.96. The molecular weight excluding hydrogens is 348 g/mol. The van der Waals surface area contributed by atoms with Crippen molar-refractivity contribution >= 4 is 17.8 Å². The lowest BCUT2D eigenvalue weighted by Crippen LogP contribution is -2.46. The predicted octanol–water partition coefficient (Wildman–Crippen LogP) is 3.05. The summed E-state index contributed by atoms with van der Waals surface area (Å²) in [6.07, 6.45) is 0.325. The number of aromatic nitrogens is 1. The summed E-state index contributed by atoms with van der Waals surface area (Å²) in [5.74, 6) is -0.878. The van der Waals surface area contributed by atoms with E-state index in [1.54, 1.807) is 38.1 Å². The first-order chi connectivity index (χ1) is 12.8. The minimum atomic E-state index is -0.974. The van der Waals surface area contributed by atoms with Crippen LogP contribution in [0.4, 0.5) is 0 Å². The molecule has 0 N–H and O–H groups in total. The number of aryl methyl sites for hydroxylation is 2. The Kier molecular flexibility index (Phi) is 5.12. The molecule has 3 rings (SSSR count).